The molecule has 1 heterocycles. The first-order valence-electron chi connectivity index (χ1n) is 6.42. The predicted octanol–water partition coefficient (Wildman–Crippen LogP) is 1.67. The molecule has 0 spiro atoms. The van der Waals surface area contributed by atoms with E-state index in [0.29, 0.717) is 19.5 Å². The van der Waals surface area contributed by atoms with Gasteiger partial charge < -0.3 is 4.57 Å². The van der Waals surface area contributed by atoms with Gasteiger partial charge in [0.05, 0.1) is 16.8 Å². The molecule has 1 aromatic heterocycles. The number of aromatic nitrogens is 2. The maximum Gasteiger partial charge on any atom is 0.211 e. The van der Waals surface area contributed by atoms with E-state index in [1.807, 2.05) is 42.7 Å². The molecule has 19 heavy (non-hydrogen) atoms. The van der Waals surface area contributed by atoms with Crippen molar-refractivity contribution in [1.29, 1.82) is 0 Å². The Kier molecular flexibility index (Phi) is 4.21. The molecular weight excluding hydrogens is 262 g/mol. The summed E-state index contributed by atoms with van der Waals surface area (Å²) in [4.78, 5) is 4.45. The van der Waals surface area contributed by atoms with Gasteiger partial charge in [-0.25, -0.2) is 18.1 Å². The van der Waals surface area contributed by atoms with E-state index in [2.05, 4.69) is 9.71 Å². The largest absolute Gasteiger partial charge is 0.327 e. The number of para-hydroxylation sites is 2. The number of fused-ring (bicyclic) bond motifs is 1. The number of benzene rings is 1. The van der Waals surface area contributed by atoms with Crippen LogP contribution in [0.4, 0.5) is 0 Å². The molecule has 1 aromatic carbocycles. The molecule has 0 saturated carbocycles. The number of aryl methyl sites for hydroxylation is 1. The van der Waals surface area contributed by atoms with Gasteiger partial charge in [-0.3, -0.25) is 0 Å². The highest BCUT2D eigenvalue weighted by atomic mass is 32.2. The van der Waals surface area contributed by atoms with Crippen LogP contribution in [0, 0.1) is 6.92 Å². The van der Waals surface area contributed by atoms with Gasteiger partial charge in [0.2, 0.25) is 10.0 Å². The lowest BCUT2D eigenvalue weighted by Crippen LogP contribution is -2.29. The van der Waals surface area contributed by atoms with Crippen molar-refractivity contribution in [3.05, 3.63) is 30.1 Å². The van der Waals surface area contributed by atoms with Gasteiger partial charge in [-0.15, -0.1) is 0 Å². The molecule has 6 heteroatoms. The van der Waals surface area contributed by atoms with E-state index in [4.69, 9.17) is 0 Å². The lowest BCUT2D eigenvalue weighted by molar-refractivity contribution is 0.571. The molecule has 0 saturated heterocycles. The molecule has 0 bridgehead atoms. The van der Waals surface area contributed by atoms with E-state index >= 15 is 0 Å². The highest BCUT2D eigenvalue weighted by molar-refractivity contribution is 7.89. The molecule has 0 fully saturated rings. The molecule has 2 aromatic rings. The summed E-state index contributed by atoms with van der Waals surface area (Å²) in [6.45, 7) is 4.77. The van der Waals surface area contributed by atoms with Gasteiger partial charge in [0.1, 0.15) is 5.82 Å². The second-order valence-corrected chi connectivity index (χ2v) is 6.44. The number of nitrogens with one attached hydrogen (secondary N) is 1. The fourth-order valence-corrected chi connectivity index (χ4v) is 3.22. The van der Waals surface area contributed by atoms with Crippen LogP contribution in [0.3, 0.4) is 0 Å². The van der Waals surface area contributed by atoms with Crippen molar-refractivity contribution >= 4 is 21.1 Å². The Labute approximate surface area is 113 Å². The molecule has 0 aliphatic rings. The van der Waals surface area contributed by atoms with Crippen molar-refractivity contribution in [1.82, 2.24) is 14.3 Å². The molecule has 2 rings (SSSR count). The molecule has 0 atom stereocenters. The molecule has 0 aliphatic heterocycles. The van der Waals surface area contributed by atoms with E-state index in [9.17, 15) is 8.42 Å². The summed E-state index contributed by atoms with van der Waals surface area (Å²) in [7, 11) is -3.13. The van der Waals surface area contributed by atoms with E-state index in [-0.39, 0.29) is 5.75 Å². The summed E-state index contributed by atoms with van der Waals surface area (Å²) in [5.74, 6) is 1.08. The summed E-state index contributed by atoms with van der Waals surface area (Å²) in [6, 6.07) is 7.86. The maximum absolute atomic E-state index is 11.6. The SMILES string of the molecule is CCCS(=O)(=O)NCCn1c(C)nc2ccccc21. The van der Waals surface area contributed by atoms with Crippen molar-refractivity contribution in [3.8, 4) is 0 Å². The highest BCUT2D eigenvalue weighted by Gasteiger charge is 2.09. The molecule has 0 unspecified atom stereocenters. The third kappa shape index (κ3) is 3.33. The fraction of sp³-hybridized carbons (Fsp3) is 0.462. The second kappa shape index (κ2) is 5.71. The number of sulfonamides is 1. The number of hydrogen-bond acceptors (Lipinski definition) is 3. The Morgan fingerprint density at radius 3 is 2.79 bits per heavy atom. The van der Waals surface area contributed by atoms with Crippen molar-refractivity contribution in [2.75, 3.05) is 12.3 Å². The van der Waals surface area contributed by atoms with Gasteiger partial charge in [-0.1, -0.05) is 19.1 Å². The lowest BCUT2D eigenvalue weighted by atomic mass is 10.3. The predicted molar refractivity (Wildman–Crippen MR) is 76.6 cm³/mol. The van der Waals surface area contributed by atoms with E-state index < -0.39 is 10.0 Å². The van der Waals surface area contributed by atoms with Gasteiger partial charge in [-0.2, -0.15) is 0 Å². The normalized spacial score (nSPS) is 12.1. The molecular formula is C13H19N3O2S. The zero-order valence-corrected chi connectivity index (χ0v) is 12.1. The fourth-order valence-electron chi connectivity index (χ4n) is 2.13. The van der Waals surface area contributed by atoms with E-state index in [1.165, 1.54) is 0 Å². The Bertz CT molecular complexity index is 662. The Morgan fingerprint density at radius 1 is 1.32 bits per heavy atom. The van der Waals surface area contributed by atoms with Crippen LogP contribution < -0.4 is 4.72 Å². The summed E-state index contributed by atoms with van der Waals surface area (Å²) in [5.41, 5.74) is 1.98. The molecule has 0 amide bonds. The summed E-state index contributed by atoms with van der Waals surface area (Å²) in [6.07, 6.45) is 0.627. The quantitative estimate of drug-likeness (QED) is 0.876. The Hall–Kier alpha value is -1.40. The maximum atomic E-state index is 11.6. The topological polar surface area (TPSA) is 64.0 Å². The minimum absolute atomic E-state index is 0.177. The molecule has 5 nitrogen and oxygen atoms in total. The van der Waals surface area contributed by atoms with Crippen molar-refractivity contribution < 1.29 is 8.42 Å². The van der Waals surface area contributed by atoms with E-state index in [1.54, 1.807) is 0 Å². The van der Waals surface area contributed by atoms with Crippen LogP contribution in [-0.4, -0.2) is 30.3 Å². The first-order chi connectivity index (χ1) is 9.03. The average molecular weight is 281 g/mol. The molecule has 0 aliphatic carbocycles. The third-order valence-corrected chi connectivity index (χ3v) is 4.57. The number of hydrogen-bond donors (Lipinski definition) is 1. The standard InChI is InChI=1S/C13H19N3O2S/c1-3-10-19(17,18)14-8-9-16-11(2)15-12-6-4-5-7-13(12)16/h4-7,14H,3,8-10H2,1-2H3. The Balaban J connectivity index is 2.08. The lowest BCUT2D eigenvalue weighted by Gasteiger charge is -2.08. The van der Waals surface area contributed by atoms with Crippen LogP contribution in [0.5, 0.6) is 0 Å². The smallest absolute Gasteiger partial charge is 0.211 e. The molecule has 0 radical (unpaired) electrons. The van der Waals surface area contributed by atoms with Gasteiger partial charge in [-0.05, 0) is 25.5 Å². The van der Waals surface area contributed by atoms with Crippen LogP contribution in [0.2, 0.25) is 0 Å². The van der Waals surface area contributed by atoms with Crippen LogP contribution in [-0.2, 0) is 16.6 Å². The number of rotatable bonds is 6. The summed E-state index contributed by atoms with van der Waals surface area (Å²) >= 11 is 0. The Morgan fingerprint density at radius 2 is 2.05 bits per heavy atom. The minimum Gasteiger partial charge on any atom is -0.327 e. The third-order valence-electron chi connectivity index (χ3n) is 2.98. The van der Waals surface area contributed by atoms with Crippen LogP contribution in [0.25, 0.3) is 11.0 Å². The monoisotopic (exact) mass is 281 g/mol. The minimum atomic E-state index is -3.13. The van der Waals surface area contributed by atoms with Crippen LogP contribution in [0.15, 0.2) is 24.3 Å². The van der Waals surface area contributed by atoms with Gasteiger partial charge in [0, 0.05) is 13.1 Å². The number of imidazole rings is 1. The van der Waals surface area contributed by atoms with Crippen LogP contribution >= 0.6 is 0 Å². The zero-order valence-electron chi connectivity index (χ0n) is 11.3. The molecule has 104 valence electrons. The average Bonchev–Trinajstić information content (AvgIpc) is 2.66. The van der Waals surface area contributed by atoms with E-state index in [0.717, 1.165) is 16.9 Å². The van der Waals surface area contributed by atoms with Gasteiger partial charge in [0.25, 0.3) is 0 Å². The van der Waals surface area contributed by atoms with Crippen LogP contribution in [0.1, 0.15) is 19.2 Å². The summed E-state index contributed by atoms with van der Waals surface area (Å²) < 4.78 is 27.8. The molecule has 1 N–H and O–H groups in total. The highest BCUT2D eigenvalue weighted by Crippen LogP contribution is 2.14. The van der Waals surface area contributed by atoms with Crippen molar-refractivity contribution in [2.24, 2.45) is 0 Å². The first kappa shape index (κ1) is 14.0. The van der Waals surface area contributed by atoms with Gasteiger partial charge >= 0.3 is 0 Å². The number of nitrogens with zero attached hydrogens (tertiary/aromatic N) is 2. The zero-order chi connectivity index (χ0) is 13.9. The van der Waals surface area contributed by atoms with Crippen molar-refractivity contribution in [2.45, 2.75) is 26.8 Å². The second-order valence-electron chi connectivity index (χ2n) is 4.51. The first-order valence-corrected chi connectivity index (χ1v) is 8.08. The van der Waals surface area contributed by atoms with Crippen molar-refractivity contribution in [3.63, 3.8) is 0 Å². The summed E-state index contributed by atoms with van der Waals surface area (Å²) in [5, 5.41) is 0. The van der Waals surface area contributed by atoms with Gasteiger partial charge in [0.15, 0.2) is 0 Å².